The van der Waals surface area contributed by atoms with Crippen molar-refractivity contribution in [3.8, 4) is 0 Å². The maximum atomic E-state index is 12.6. The quantitative estimate of drug-likeness (QED) is 0.932. The minimum absolute atomic E-state index is 0.264. The first-order valence-corrected chi connectivity index (χ1v) is 8.86. The molecule has 0 radical (unpaired) electrons. The van der Waals surface area contributed by atoms with Crippen LogP contribution in [0.15, 0.2) is 23.1 Å². The van der Waals surface area contributed by atoms with Gasteiger partial charge in [0.15, 0.2) is 0 Å². The Morgan fingerprint density at radius 1 is 1.10 bits per heavy atom. The Balaban J connectivity index is 2.26. The van der Waals surface area contributed by atoms with Crippen LogP contribution in [0, 0.1) is 0 Å². The van der Waals surface area contributed by atoms with Gasteiger partial charge >= 0.3 is 0 Å². The molecule has 0 atom stereocenters. The Morgan fingerprint density at radius 2 is 1.70 bits per heavy atom. The summed E-state index contributed by atoms with van der Waals surface area (Å²) in [5, 5.41) is 0.417. The third-order valence-corrected chi connectivity index (χ3v) is 5.94. The van der Waals surface area contributed by atoms with E-state index >= 15 is 0 Å². The highest BCUT2D eigenvalue weighted by Gasteiger charge is 2.25. The van der Waals surface area contributed by atoms with Crippen LogP contribution in [0.5, 0.6) is 0 Å². The van der Waals surface area contributed by atoms with Gasteiger partial charge in [0.2, 0.25) is 10.0 Å². The molecule has 2 rings (SSSR count). The van der Waals surface area contributed by atoms with Gasteiger partial charge in [0.05, 0.1) is 4.90 Å². The first-order valence-electron chi connectivity index (χ1n) is 7.04. The van der Waals surface area contributed by atoms with E-state index < -0.39 is 10.0 Å². The number of sulfonamides is 1. The molecule has 1 aromatic rings. The molecule has 1 aliphatic rings. The summed E-state index contributed by atoms with van der Waals surface area (Å²) in [6.07, 6.45) is 5.24. The highest BCUT2D eigenvalue weighted by molar-refractivity contribution is 7.89. The van der Waals surface area contributed by atoms with E-state index in [1.54, 1.807) is 16.4 Å². The molecule has 1 aromatic carbocycles. The molecule has 1 heterocycles. The van der Waals surface area contributed by atoms with Gasteiger partial charge in [0.1, 0.15) is 0 Å². The third-order valence-electron chi connectivity index (χ3n) is 3.70. The predicted octanol–water partition coefficient (Wildman–Crippen LogP) is 2.75. The van der Waals surface area contributed by atoms with Crippen molar-refractivity contribution in [1.82, 2.24) is 4.31 Å². The Hall–Kier alpha value is -0.620. The van der Waals surface area contributed by atoms with Gasteiger partial charge in [-0.3, -0.25) is 0 Å². The van der Waals surface area contributed by atoms with E-state index in [2.05, 4.69) is 0 Å². The number of benzene rings is 1. The van der Waals surface area contributed by atoms with Crippen molar-refractivity contribution in [3.63, 3.8) is 0 Å². The summed E-state index contributed by atoms with van der Waals surface area (Å²) >= 11 is 6.07. The molecule has 0 amide bonds. The molecule has 0 unspecified atom stereocenters. The highest BCUT2D eigenvalue weighted by atomic mass is 35.5. The minimum Gasteiger partial charge on any atom is -0.326 e. The molecule has 0 bridgehead atoms. The fourth-order valence-corrected chi connectivity index (χ4v) is 4.33. The number of hydrogen-bond donors (Lipinski definition) is 1. The second kappa shape index (κ2) is 6.89. The average molecular weight is 317 g/mol. The predicted molar refractivity (Wildman–Crippen MR) is 81.2 cm³/mol. The Kier molecular flexibility index (Phi) is 5.43. The van der Waals surface area contributed by atoms with Crippen LogP contribution in [-0.4, -0.2) is 25.8 Å². The topological polar surface area (TPSA) is 63.4 Å². The van der Waals surface area contributed by atoms with Crippen LogP contribution < -0.4 is 5.73 Å². The molecule has 0 spiro atoms. The van der Waals surface area contributed by atoms with Gasteiger partial charge in [-0.05, 0) is 30.5 Å². The Morgan fingerprint density at radius 3 is 2.25 bits per heavy atom. The lowest BCUT2D eigenvalue weighted by molar-refractivity contribution is 0.364. The molecule has 6 heteroatoms. The van der Waals surface area contributed by atoms with Gasteiger partial charge in [-0.2, -0.15) is 4.31 Å². The molecule has 4 nitrogen and oxygen atoms in total. The summed E-state index contributed by atoms with van der Waals surface area (Å²) < 4.78 is 26.9. The summed E-state index contributed by atoms with van der Waals surface area (Å²) in [5.41, 5.74) is 6.31. The summed E-state index contributed by atoms with van der Waals surface area (Å²) in [6.45, 7) is 1.50. The molecule has 2 N–H and O–H groups in total. The fraction of sp³-hybridized carbons (Fsp3) is 0.571. The average Bonchev–Trinajstić information content (AvgIpc) is 2.37. The van der Waals surface area contributed by atoms with Crippen LogP contribution in [0.25, 0.3) is 0 Å². The van der Waals surface area contributed by atoms with Crippen molar-refractivity contribution in [2.75, 3.05) is 13.1 Å². The summed E-state index contributed by atoms with van der Waals surface area (Å²) in [7, 11) is -3.44. The van der Waals surface area contributed by atoms with Crippen LogP contribution in [0.2, 0.25) is 5.02 Å². The zero-order chi connectivity index (χ0) is 14.6. The van der Waals surface area contributed by atoms with Crippen LogP contribution >= 0.6 is 11.6 Å². The minimum atomic E-state index is -3.44. The van der Waals surface area contributed by atoms with Crippen molar-refractivity contribution in [2.24, 2.45) is 5.73 Å². The van der Waals surface area contributed by atoms with Crippen LogP contribution in [-0.2, 0) is 16.6 Å². The van der Waals surface area contributed by atoms with Crippen molar-refractivity contribution in [3.05, 3.63) is 28.8 Å². The van der Waals surface area contributed by atoms with Crippen molar-refractivity contribution >= 4 is 21.6 Å². The van der Waals surface area contributed by atoms with E-state index in [-0.39, 0.29) is 4.90 Å². The second-order valence-corrected chi connectivity index (χ2v) is 7.47. The number of hydrogen-bond acceptors (Lipinski definition) is 3. The van der Waals surface area contributed by atoms with Crippen LogP contribution in [0.4, 0.5) is 0 Å². The van der Waals surface area contributed by atoms with Crippen LogP contribution in [0.3, 0.4) is 0 Å². The molecular weight excluding hydrogens is 296 g/mol. The van der Waals surface area contributed by atoms with E-state index in [9.17, 15) is 8.42 Å². The first kappa shape index (κ1) is 15.8. The number of rotatable bonds is 3. The van der Waals surface area contributed by atoms with E-state index in [1.807, 2.05) is 0 Å². The monoisotopic (exact) mass is 316 g/mol. The van der Waals surface area contributed by atoms with E-state index in [0.717, 1.165) is 31.2 Å². The smallest absolute Gasteiger partial charge is 0.243 e. The number of nitrogens with two attached hydrogens (primary N) is 1. The lowest BCUT2D eigenvalue weighted by Crippen LogP contribution is -2.33. The molecule has 1 aliphatic heterocycles. The fourth-order valence-electron chi connectivity index (χ4n) is 2.46. The van der Waals surface area contributed by atoms with E-state index in [0.29, 0.717) is 24.7 Å². The Labute approximate surface area is 126 Å². The lowest BCUT2D eigenvalue weighted by atomic mass is 10.1. The van der Waals surface area contributed by atoms with Gasteiger partial charge in [0, 0.05) is 24.7 Å². The Bertz CT molecular complexity index is 552. The first-order chi connectivity index (χ1) is 9.55. The van der Waals surface area contributed by atoms with Gasteiger partial charge in [0.25, 0.3) is 0 Å². The molecule has 0 aliphatic carbocycles. The van der Waals surface area contributed by atoms with Gasteiger partial charge in [-0.15, -0.1) is 0 Å². The summed E-state index contributed by atoms with van der Waals surface area (Å²) in [6, 6.07) is 4.80. The largest absolute Gasteiger partial charge is 0.326 e. The number of nitrogens with zero attached hydrogens (tertiary/aromatic N) is 1. The maximum Gasteiger partial charge on any atom is 0.243 e. The standard InChI is InChI=1S/C14H21ClN2O2S/c15-14-10-13(7-6-12(14)11-16)20(18,19)17-8-4-2-1-3-5-9-17/h6-7,10H,1-5,8-9,11,16H2. The summed E-state index contributed by atoms with van der Waals surface area (Å²) in [4.78, 5) is 0.264. The normalized spacial score (nSPS) is 18.5. The van der Waals surface area contributed by atoms with Gasteiger partial charge in [-0.25, -0.2) is 8.42 Å². The molecule has 1 fully saturated rings. The summed E-state index contributed by atoms with van der Waals surface area (Å²) in [5.74, 6) is 0. The van der Waals surface area contributed by atoms with E-state index in [1.165, 1.54) is 12.5 Å². The lowest BCUT2D eigenvalue weighted by Gasteiger charge is -2.24. The van der Waals surface area contributed by atoms with Crippen molar-refractivity contribution in [2.45, 2.75) is 43.5 Å². The molecule has 0 saturated carbocycles. The molecular formula is C14H21ClN2O2S. The molecule has 20 heavy (non-hydrogen) atoms. The SMILES string of the molecule is NCc1ccc(S(=O)(=O)N2CCCCCCC2)cc1Cl. The van der Waals surface area contributed by atoms with Crippen molar-refractivity contribution < 1.29 is 8.42 Å². The third kappa shape index (κ3) is 3.52. The number of halogens is 1. The van der Waals surface area contributed by atoms with Crippen molar-refractivity contribution in [1.29, 1.82) is 0 Å². The zero-order valence-corrected chi connectivity index (χ0v) is 13.1. The molecule has 0 aromatic heterocycles. The second-order valence-electron chi connectivity index (χ2n) is 5.13. The highest BCUT2D eigenvalue weighted by Crippen LogP contribution is 2.24. The molecule has 1 saturated heterocycles. The zero-order valence-electron chi connectivity index (χ0n) is 11.5. The molecule has 112 valence electrons. The van der Waals surface area contributed by atoms with E-state index in [4.69, 9.17) is 17.3 Å². The van der Waals surface area contributed by atoms with Gasteiger partial charge in [-0.1, -0.05) is 36.9 Å². The maximum absolute atomic E-state index is 12.6. The van der Waals surface area contributed by atoms with Crippen LogP contribution in [0.1, 0.15) is 37.7 Å². The van der Waals surface area contributed by atoms with Gasteiger partial charge < -0.3 is 5.73 Å².